The standard InChI is InChI=1S/C12H28N2/c1-8-12(5,6)13-9-11(4)14(7)10(2)3/h10-11,13H,8-9H2,1-7H3. The lowest BCUT2D eigenvalue weighted by Crippen LogP contribution is -2.48. The van der Waals surface area contributed by atoms with Crippen molar-refractivity contribution in [3.8, 4) is 0 Å². The predicted octanol–water partition coefficient (Wildman–Crippen LogP) is 2.49. The maximum absolute atomic E-state index is 3.60. The first-order chi connectivity index (χ1) is 6.30. The van der Waals surface area contributed by atoms with Crippen molar-refractivity contribution in [1.29, 1.82) is 0 Å². The summed E-state index contributed by atoms with van der Waals surface area (Å²) in [6, 6.07) is 1.22. The normalized spacial score (nSPS) is 15.2. The Morgan fingerprint density at radius 1 is 1.21 bits per heavy atom. The van der Waals surface area contributed by atoms with E-state index in [1.54, 1.807) is 0 Å². The maximum atomic E-state index is 3.60. The van der Waals surface area contributed by atoms with E-state index in [0.717, 1.165) is 6.54 Å². The van der Waals surface area contributed by atoms with Crippen LogP contribution in [0.1, 0.15) is 48.0 Å². The van der Waals surface area contributed by atoms with Crippen molar-refractivity contribution in [3.63, 3.8) is 0 Å². The lowest BCUT2D eigenvalue weighted by molar-refractivity contribution is 0.191. The van der Waals surface area contributed by atoms with Gasteiger partial charge < -0.3 is 10.2 Å². The third kappa shape index (κ3) is 4.97. The monoisotopic (exact) mass is 200 g/mol. The molecule has 0 bridgehead atoms. The minimum Gasteiger partial charge on any atom is -0.310 e. The first-order valence-electron chi connectivity index (χ1n) is 5.77. The third-order valence-corrected chi connectivity index (χ3v) is 3.27. The highest BCUT2D eigenvalue weighted by atomic mass is 15.2. The lowest BCUT2D eigenvalue weighted by Gasteiger charge is -2.32. The van der Waals surface area contributed by atoms with E-state index in [1.807, 2.05) is 0 Å². The Bertz CT molecular complexity index is 152. The summed E-state index contributed by atoms with van der Waals surface area (Å²) >= 11 is 0. The molecule has 0 heterocycles. The molecule has 0 rings (SSSR count). The fraction of sp³-hybridized carbons (Fsp3) is 1.00. The molecule has 0 amide bonds. The van der Waals surface area contributed by atoms with E-state index in [2.05, 4.69) is 58.8 Å². The van der Waals surface area contributed by atoms with Gasteiger partial charge in [0.2, 0.25) is 0 Å². The summed E-state index contributed by atoms with van der Waals surface area (Å²) in [5.41, 5.74) is 0.270. The molecule has 0 aliphatic rings. The molecule has 0 saturated heterocycles. The van der Waals surface area contributed by atoms with Crippen LogP contribution in [-0.2, 0) is 0 Å². The topological polar surface area (TPSA) is 15.3 Å². The van der Waals surface area contributed by atoms with Crippen molar-refractivity contribution >= 4 is 0 Å². The molecular weight excluding hydrogens is 172 g/mol. The fourth-order valence-corrected chi connectivity index (χ4v) is 1.20. The summed E-state index contributed by atoms with van der Waals surface area (Å²) in [7, 11) is 2.19. The average Bonchev–Trinajstić information content (AvgIpc) is 2.13. The van der Waals surface area contributed by atoms with Gasteiger partial charge in [-0.3, -0.25) is 0 Å². The van der Waals surface area contributed by atoms with Crippen LogP contribution in [0.25, 0.3) is 0 Å². The minimum atomic E-state index is 0.270. The van der Waals surface area contributed by atoms with Gasteiger partial charge in [-0.25, -0.2) is 0 Å². The van der Waals surface area contributed by atoms with E-state index in [-0.39, 0.29) is 5.54 Å². The van der Waals surface area contributed by atoms with Gasteiger partial charge in [-0.2, -0.15) is 0 Å². The Labute approximate surface area is 90.1 Å². The van der Waals surface area contributed by atoms with Crippen LogP contribution in [0.2, 0.25) is 0 Å². The van der Waals surface area contributed by atoms with E-state index < -0.39 is 0 Å². The molecule has 0 aliphatic carbocycles. The summed E-state index contributed by atoms with van der Waals surface area (Å²) in [4.78, 5) is 2.40. The van der Waals surface area contributed by atoms with Gasteiger partial charge in [0, 0.05) is 24.2 Å². The van der Waals surface area contributed by atoms with E-state index in [0.29, 0.717) is 12.1 Å². The van der Waals surface area contributed by atoms with Crippen molar-refractivity contribution in [2.24, 2.45) is 0 Å². The number of nitrogens with zero attached hydrogens (tertiary/aromatic N) is 1. The first kappa shape index (κ1) is 13.9. The van der Waals surface area contributed by atoms with Crippen molar-refractivity contribution in [2.75, 3.05) is 13.6 Å². The van der Waals surface area contributed by atoms with Gasteiger partial charge >= 0.3 is 0 Å². The van der Waals surface area contributed by atoms with Crippen LogP contribution in [0.15, 0.2) is 0 Å². The molecule has 0 saturated carbocycles. The summed E-state index contributed by atoms with van der Waals surface area (Å²) < 4.78 is 0. The van der Waals surface area contributed by atoms with Crippen molar-refractivity contribution in [2.45, 2.75) is 65.6 Å². The summed E-state index contributed by atoms with van der Waals surface area (Å²) in [5, 5.41) is 3.60. The van der Waals surface area contributed by atoms with Crippen molar-refractivity contribution < 1.29 is 0 Å². The van der Waals surface area contributed by atoms with Crippen LogP contribution >= 0.6 is 0 Å². The van der Waals surface area contributed by atoms with Crippen LogP contribution in [0.3, 0.4) is 0 Å². The molecule has 0 aromatic heterocycles. The molecule has 2 nitrogen and oxygen atoms in total. The Kier molecular flexibility index (Phi) is 5.68. The zero-order chi connectivity index (χ0) is 11.4. The fourth-order valence-electron chi connectivity index (χ4n) is 1.20. The third-order valence-electron chi connectivity index (χ3n) is 3.27. The molecule has 1 N–H and O–H groups in total. The van der Waals surface area contributed by atoms with Gasteiger partial charge in [-0.05, 0) is 48.1 Å². The Morgan fingerprint density at radius 3 is 2.07 bits per heavy atom. The first-order valence-corrected chi connectivity index (χ1v) is 5.77. The smallest absolute Gasteiger partial charge is 0.0192 e. The number of nitrogens with one attached hydrogen (secondary N) is 1. The highest BCUT2D eigenvalue weighted by Gasteiger charge is 2.17. The molecule has 0 aromatic rings. The molecule has 2 heteroatoms. The lowest BCUT2D eigenvalue weighted by atomic mass is 10.0. The predicted molar refractivity (Wildman–Crippen MR) is 64.7 cm³/mol. The molecular formula is C12H28N2. The molecule has 0 spiro atoms. The largest absolute Gasteiger partial charge is 0.310 e. The highest BCUT2D eigenvalue weighted by molar-refractivity contribution is 4.79. The van der Waals surface area contributed by atoms with Gasteiger partial charge in [-0.15, -0.1) is 0 Å². The highest BCUT2D eigenvalue weighted by Crippen LogP contribution is 2.08. The van der Waals surface area contributed by atoms with Gasteiger partial charge in [0.25, 0.3) is 0 Å². The second-order valence-electron chi connectivity index (χ2n) is 5.23. The van der Waals surface area contributed by atoms with E-state index in [9.17, 15) is 0 Å². The average molecular weight is 200 g/mol. The van der Waals surface area contributed by atoms with Crippen LogP contribution < -0.4 is 5.32 Å². The summed E-state index contributed by atoms with van der Waals surface area (Å²) in [6.45, 7) is 14.6. The zero-order valence-electron chi connectivity index (χ0n) is 11.0. The molecule has 0 fully saturated rings. The summed E-state index contributed by atoms with van der Waals surface area (Å²) in [6.07, 6.45) is 1.17. The molecule has 0 aromatic carbocycles. The number of rotatable bonds is 6. The molecule has 1 atom stereocenters. The van der Waals surface area contributed by atoms with Gasteiger partial charge in [0.1, 0.15) is 0 Å². The minimum absolute atomic E-state index is 0.270. The Hall–Kier alpha value is -0.0800. The van der Waals surface area contributed by atoms with E-state index >= 15 is 0 Å². The Balaban J connectivity index is 3.90. The molecule has 1 unspecified atom stereocenters. The second-order valence-corrected chi connectivity index (χ2v) is 5.23. The van der Waals surface area contributed by atoms with Crippen LogP contribution in [0.4, 0.5) is 0 Å². The molecule has 86 valence electrons. The van der Waals surface area contributed by atoms with E-state index in [4.69, 9.17) is 0 Å². The molecule has 14 heavy (non-hydrogen) atoms. The van der Waals surface area contributed by atoms with Gasteiger partial charge in [0.15, 0.2) is 0 Å². The number of hydrogen-bond acceptors (Lipinski definition) is 2. The quantitative estimate of drug-likeness (QED) is 0.708. The second kappa shape index (κ2) is 5.72. The molecule has 0 radical (unpaired) electrons. The van der Waals surface area contributed by atoms with Crippen LogP contribution in [0.5, 0.6) is 0 Å². The molecule has 0 aliphatic heterocycles. The van der Waals surface area contributed by atoms with Crippen LogP contribution in [0, 0.1) is 0 Å². The summed E-state index contributed by atoms with van der Waals surface area (Å²) in [5.74, 6) is 0. The number of likely N-dealkylation sites (N-methyl/N-ethyl adjacent to an activating group) is 1. The van der Waals surface area contributed by atoms with E-state index in [1.165, 1.54) is 6.42 Å². The Morgan fingerprint density at radius 2 is 1.71 bits per heavy atom. The van der Waals surface area contributed by atoms with Gasteiger partial charge in [-0.1, -0.05) is 6.92 Å². The van der Waals surface area contributed by atoms with Crippen LogP contribution in [-0.4, -0.2) is 36.1 Å². The SMILES string of the molecule is CCC(C)(C)NCC(C)N(C)C(C)C. The van der Waals surface area contributed by atoms with Gasteiger partial charge in [0.05, 0.1) is 0 Å². The van der Waals surface area contributed by atoms with Crippen molar-refractivity contribution in [1.82, 2.24) is 10.2 Å². The number of hydrogen-bond donors (Lipinski definition) is 1. The van der Waals surface area contributed by atoms with Crippen molar-refractivity contribution in [3.05, 3.63) is 0 Å². The zero-order valence-corrected chi connectivity index (χ0v) is 11.0. The maximum Gasteiger partial charge on any atom is 0.0192 e.